The van der Waals surface area contributed by atoms with Gasteiger partial charge in [0.1, 0.15) is 0 Å². The summed E-state index contributed by atoms with van der Waals surface area (Å²) in [5, 5.41) is 9.37. The van der Waals surface area contributed by atoms with Gasteiger partial charge in [-0.15, -0.1) is 11.8 Å². The standard InChI is InChI=1S/C10H13NO5S/c12-7-5-17-6-8(13)11(7)10(9(14)15)1-3-16-4-2-10/h1-6H2,(H,14,15). The molecule has 0 aromatic heterocycles. The monoisotopic (exact) mass is 259 g/mol. The summed E-state index contributed by atoms with van der Waals surface area (Å²) in [6.07, 6.45) is 0.342. The average molecular weight is 259 g/mol. The Morgan fingerprint density at radius 1 is 1.24 bits per heavy atom. The van der Waals surface area contributed by atoms with Crippen molar-refractivity contribution in [3.05, 3.63) is 0 Å². The van der Waals surface area contributed by atoms with Crippen LogP contribution in [0.15, 0.2) is 0 Å². The molecule has 94 valence electrons. The number of imide groups is 1. The SMILES string of the molecule is O=C1CSCC(=O)N1C1(C(=O)O)CCOCC1. The van der Waals surface area contributed by atoms with Gasteiger partial charge in [-0.2, -0.15) is 0 Å². The zero-order valence-corrected chi connectivity index (χ0v) is 9.99. The van der Waals surface area contributed by atoms with Gasteiger partial charge < -0.3 is 9.84 Å². The highest BCUT2D eigenvalue weighted by molar-refractivity contribution is 8.00. The first-order chi connectivity index (χ1) is 8.08. The lowest BCUT2D eigenvalue weighted by Crippen LogP contribution is -2.63. The van der Waals surface area contributed by atoms with Crippen LogP contribution in [-0.2, 0) is 19.1 Å². The summed E-state index contributed by atoms with van der Waals surface area (Å²) < 4.78 is 5.12. The Kier molecular flexibility index (Phi) is 3.39. The van der Waals surface area contributed by atoms with E-state index < -0.39 is 23.3 Å². The molecule has 17 heavy (non-hydrogen) atoms. The van der Waals surface area contributed by atoms with Crippen LogP contribution in [0.2, 0.25) is 0 Å². The van der Waals surface area contributed by atoms with E-state index in [2.05, 4.69) is 0 Å². The van der Waals surface area contributed by atoms with E-state index in [0.717, 1.165) is 4.90 Å². The third kappa shape index (κ3) is 2.04. The first kappa shape index (κ1) is 12.4. The fourth-order valence-corrected chi connectivity index (χ4v) is 2.92. The average Bonchev–Trinajstić information content (AvgIpc) is 2.29. The maximum Gasteiger partial charge on any atom is 0.330 e. The molecule has 0 saturated carbocycles. The molecule has 7 heteroatoms. The van der Waals surface area contributed by atoms with E-state index in [9.17, 15) is 19.5 Å². The van der Waals surface area contributed by atoms with Crippen molar-refractivity contribution in [1.82, 2.24) is 4.90 Å². The number of nitrogens with zero attached hydrogens (tertiary/aromatic N) is 1. The van der Waals surface area contributed by atoms with Crippen LogP contribution >= 0.6 is 11.8 Å². The Balaban J connectivity index is 2.34. The van der Waals surface area contributed by atoms with Crippen LogP contribution < -0.4 is 0 Å². The number of carboxylic acids is 1. The first-order valence-corrected chi connectivity index (χ1v) is 6.48. The van der Waals surface area contributed by atoms with E-state index in [0.29, 0.717) is 0 Å². The minimum Gasteiger partial charge on any atom is -0.479 e. The summed E-state index contributed by atoms with van der Waals surface area (Å²) in [5.74, 6) is -1.59. The van der Waals surface area contributed by atoms with Crippen molar-refractivity contribution in [2.75, 3.05) is 24.7 Å². The Morgan fingerprint density at radius 3 is 2.24 bits per heavy atom. The molecule has 2 rings (SSSR count). The highest BCUT2D eigenvalue weighted by atomic mass is 32.2. The summed E-state index contributed by atoms with van der Waals surface area (Å²) in [4.78, 5) is 36.0. The summed E-state index contributed by atoms with van der Waals surface area (Å²) in [6.45, 7) is 0.521. The van der Waals surface area contributed by atoms with Gasteiger partial charge in [0.15, 0.2) is 5.54 Å². The summed E-state index contributed by atoms with van der Waals surface area (Å²) >= 11 is 1.22. The lowest BCUT2D eigenvalue weighted by atomic mass is 9.87. The maximum atomic E-state index is 11.8. The molecule has 0 aromatic carbocycles. The van der Waals surface area contributed by atoms with Crippen molar-refractivity contribution in [3.63, 3.8) is 0 Å². The Morgan fingerprint density at radius 2 is 1.76 bits per heavy atom. The number of amides is 2. The van der Waals surface area contributed by atoms with E-state index in [1.165, 1.54) is 11.8 Å². The van der Waals surface area contributed by atoms with E-state index >= 15 is 0 Å². The molecular formula is C10H13NO5S. The normalized spacial score (nSPS) is 24.8. The van der Waals surface area contributed by atoms with Crippen molar-refractivity contribution in [3.8, 4) is 0 Å². The molecule has 2 amide bonds. The second-order valence-corrected chi connectivity index (χ2v) is 5.05. The van der Waals surface area contributed by atoms with Crippen LogP contribution in [-0.4, -0.2) is 58.0 Å². The van der Waals surface area contributed by atoms with Crippen molar-refractivity contribution in [2.45, 2.75) is 18.4 Å². The number of carboxylic acid groups (broad SMARTS) is 1. The third-order valence-electron chi connectivity index (χ3n) is 3.10. The van der Waals surface area contributed by atoms with Gasteiger partial charge in [-0.05, 0) is 0 Å². The molecule has 2 aliphatic heterocycles. The third-order valence-corrected chi connectivity index (χ3v) is 4.00. The molecule has 0 aromatic rings. The molecule has 2 heterocycles. The van der Waals surface area contributed by atoms with Gasteiger partial charge >= 0.3 is 5.97 Å². The van der Waals surface area contributed by atoms with Gasteiger partial charge in [0.25, 0.3) is 0 Å². The minimum atomic E-state index is -1.40. The van der Waals surface area contributed by atoms with Gasteiger partial charge in [0.2, 0.25) is 11.8 Å². The van der Waals surface area contributed by atoms with Crippen LogP contribution in [0.4, 0.5) is 0 Å². The molecule has 0 aliphatic carbocycles. The number of thioether (sulfide) groups is 1. The number of hydrogen-bond donors (Lipinski definition) is 1. The second kappa shape index (κ2) is 4.66. The number of aliphatic carboxylic acids is 1. The van der Waals surface area contributed by atoms with Gasteiger partial charge in [-0.3, -0.25) is 14.5 Å². The number of ether oxygens (including phenoxy) is 1. The van der Waals surface area contributed by atoms with Crippen LogP contribution in [0.1, 0.15) is 12.8 Å². The first-order valence-electron chi connectivity index (χ1n) is 5.33. The van der Waals surface area contributed by atoms with Gasteiger partial charge in [-0.25, -0.2) is 4.79 Å². The zero-order chi connectivity index (χ0) is 12.5. The van der Waals surface area contributed by atoms with Gasteiger partial charge in [0.05, 0.1) is 11.5 Å². The van der Waals surface area contributed by atoms with E-state index in [1.807, 2.05) is 0 Å². The smallest absolute Gasteiger partial charge is 0.330 e. The fourth-order valence-electron chi connectivity index (χ4n) is 2.21. The molecule has 0 atom stereocenters. The quantitative estimate of drug-likeness (QED) is 0.687. The van der Waals surface area contributed by atoms with Crippen molar-refractivity contribution >= 4 is 29.5 Å². The maximum absolute atomic E-state index is 11.8. The molecule has 0 unspecified atom stereocenters. The number of hydrogen-bond acceptors (Lipinski definition) is 5. The van der Waals surface area contributed by atoms with Crippen LogP contribution in [0.25, 0.3) is 0 Å². The van der Waals surface area contributed by atoms with E-state index in [1.54, 1.807) is 0 Å². The second-order valence-electron chi connectivity index (χ2n) is 4.06. The van der Waals surface area contributed by atoms with Crippen molar-refractivity contribution in [1.29, 1.82) is 0 Å². The fraction of sp³-hybridized carbons (Fsp3) is 0.700. The van der Waals surface area contributed by atoms with E-state index in [4.69, 9.17) is 4.74 Å². The molecule has 2 saturated heterocycles. The van der Waals surface area contributed by atoms with Crippen molar-refractivity contribution in [2.24, 2.45) is 0 Å². The topological polar surface area (TPSA) is 83.9 Å². The highest BCUT2D eigenvalue weighted by Gasteiger charge is 2.51. The summed E-state index contributed by atoms with van der Waals surface area (Å²) in [5.41, 5.74) is -1.40. The number of carbonyl (C=O) groups excluding carboxylic acids is 2. The number of carbonyl (C=O) groups is 3. The molecular weight excluding hydrogens is 246 g/mol. The minimum absolute atomic E-state index is 0.168. The van der Waals surface area contributed by atoms with Gasteiger partial charge in [0, 0.05) is 26.1 Å². The molecule has 0 bridgehead atoms. The largest absolute Gasteiger partial charge is 0.479 e. The van der Waals surface area contributed by atoms with Crippen molar-refractivity contribution < 1.29 is 24.2 Å². The number of rotatable bonds is 2. The lowest BCUT2D eigenvalue weighted by Gasteiger charge is -2.42. The predicted molar refractivity (Wildman–Crippen MR) is 59.6 cm³/mol. The lowest BCUT2D eigenvalue weighted by molar-refractivity contribution is -0.171. The van der Waals surface area contributed by atoms with Crippen LogP contribution in [0.5, 0.6) is 0 Å². The summed E-state index contributed by atoms with van der Waals surface area (Å²) in [7, 11) is 0. The summed E-state index contributed by atoms with van der Waals surface area (Å²) in [6, 6.07) is 0. The Hall–Kier alpha value is -1.08. The molecule has 0 radical (unpaired) electrons. The molecule has 2 fully saturated rings. The zero-order valence-electron chi connectivity index (χ0n) is 9.18. The highest BCUT2D eigenvalue weighted by Crippen LogP contribution is 2.31. The predicted octanol–water partition coefficient (Wildman–Crippen LogP) is -0.278. The van der Waals surface area contributed by atoms with Gasteiger partial charge in [-0.1, -0.05) is 0 Å². The molecule has 6 nitrogen and oxygen atoms in total. The van der Waals surface area contributed by atoms with Crippen LogP contribution in [0, 0.1) is 0 Å². The van der Waals surface area contributed by atoms with E-state index in [-0.39, 0.29) is 37.6 Å². The molecule has 1 N–H and O–H groups in total. The molecule has 2 aliphatic rings. The Labute approximate surface area is 102 Å². The Bertz CT molecular complexity index is 348. The molecule has 0 spiro atoms. The van der Waals surface area contributed by atoms with Crippen LogP contribution in [0.3, 0.4) is 0 Å².